The molecule has 2 atom stereocenters. The van der Waals surface area contributed by atoms with Crippen molar-refractivity contribution >= 4 is 5.96 Å². The maximum Gasteiger partial charge on any atom is 0.411 e. The molecular formula is C21H30F3N3O3. The number of benzene rings is 1. The Morgan fingerprint density at radius 2 is 1.90 bits per heavy atom. The van der Waals surface area contributed by atoms with Gasteiger partial charge in [0.25, 0.3) is 0 Å². The SMILES string of the molecule is CCNC(=NCc1ccc(COCC(F)(F)F)cc1)N1CCOC(C2CCCO2)C1. The average Bonchev–Trinajstić information content (AvgIpc) is 3.26. The zero-order chi connectivity index (χ0) is 21.4. The van der Waals surface area contributed by atoms with Gasteiger partial charge in [-0.05, 0) is 30.9 Å². The molecule has 0 saturated carbocycles. The first kappa shape index (κ1) is 22.8. The molecule has 6 nitrogen and oxygen atoms in total. The fourth-order valence-corrected chi connectivity index (χ4v) is 3.61. The van der Waals surface area contributed by atoms with Gasteiger partial charge in [-0.15, -0.1) is 0 Å². The number of ether oxygens (including phenoxy) is 3. The zero-order valence-corrected chi connectivity index (χ0v) is 17.3. The summed E-state index contributed by atoms with van der Waals surface area (Å²) < 4.78 is 52.9. The zero-order valence-electron chi connectivity index (χ0n) is 17.3. The lowest BCUT2D eigenvalue weighted by Crippen LogP contribution is -2.53. The van der Waals surface area contributed by atoms with Crippen molar-refractivity contribution in [3.8, 4) is 0 Å². The van der Waals surface area contributed by atoms with Crippen molar-refractivity contribution in [2.45, 2.75) is 51.3 Å². The third-order valence-electron chi connectivity index (χ3n) is 5.08. The summed E-state index contributed by atoms with van der Waals surface area (Å²) >= 11 is 0. The lowest BCUT2D eigenvalue weighted by molar-refractivity contribution is -0.176. The van der Waals surface area contributed by atoms with Crippen molar-refractivity contribution in [3.63, 3.8) is 0 Å². The van der Waals surface area contributed by atoms with Gasteiger partial charge in [-0.2, -0.15) is 13.2 Å². The highest BCUT2D eigenvalue weighted by Crippen LogP contribution is 2.21. The molecule has 1 aromatic rings. The molecule has 30 heavy (non-hydrogen) atoms. The first-order valence-corrected chi connectivity index (χ1v) is 10.4. The van der Waals surface area contributed by atoms with E-state index in [2.05, 4.69) is 10.2 Å². The van der Waals surface area contributed by atoms with Crippen LogP contribution in [0.2, 0.25) is 0 Å². The van der Waals surface area contributed by atoms with Crippen molar-refractivity contribution < 1.29 is 27.4 Å². The van der Waals surface area contributed by atoms with E-state index in [-0.39, 0.29) is 18.8 Å². The molecule has 2 aliphatic rings. The molecule has 2 fully saturated rings. The van der Waals surface area contributed by atoms with E-state index in [9.17, 15) is 13.2 Å². The van der Waals surface area contributed by atoms with Crippen molar-refractivity contribution in [1.29, 1.82) is 0 Å². The fourth-order valence-electron chi connectivity index (χ4n) is 3.61. The van der Waals surface area contributed by atoms with Gasteiger partial charge in [0.2, 0.25) is 0 Å². The number of hydrogen-bond acceptors (Lipinski definition) is 4. The van der Waals surface area contributed by atoms with Crippen LogP contribution in [0.25, 0.3) is 0 Å². The van der Waals surface area contributed by atoms with E-state index < -0.39 is 12.8 Å². The molecule has 1 N–H and O–H groups in total. The highest BCUT2D eigenvalue weighted by molar-refractivity contribution is 5.80. The molecule has 0 spiro atoms. The van der Waals surface area contributed by atoms with Crippen LogP contribution >= 0.6 is 0 Å². The van der Waals surface area contributed by atoms with Gasteiger partial charge < -0.3 is 24.4 Å². The Kier molecular flexibility index (Phi) is 8.35. The fraction of sp³-hybridized carbons (Fsp3) is 0.667. The molecule has 2 unspecified atom stereocenters. The predicted molar refractivity (Wildman–Crippen MR) is 107 cm³/mol. The molecule has 3 rings (SSSR count). The second-order valence-electron chi connectivity index (χ2n) is 7.50. The van der Waals surface area contributed by atoms with Gasteiger partial charge in [0.05, 0.1) is 25.9 Å². The van der Waals surface area contributed by atoms with Crippen molar-refractivity contribution in [3.05, 3.63) is 35.4 Å². The Balaban J connectivity index is 1.54. The summed E-state index contributed by atoms with van der Waals surface area (Å²) in [6.07, 6.45) is -1.98. The molecule has 0 bridgehead atoms. The second-order valence-corrected chi connectivity index (χ2v) is 7.50. The number of halogens is 3. The molecule has 2 heterocycles. The molecule has 2 aliphatic heterocycles. The van der Waals surface area contributed by atoms with E-state index in [4.69, 9.17) is 19.2 Å². The van der Waals surface area contributed by atoms with Crippen LogP contribution in [0, 0.1) is 0 Å². The molecule has 0 amide bonds. The van der Waals surface area contributed by atoms with Crippen LogP contribution in [0.3, 0.4) is 0 Å². The molecule has 0 aromatic heterocycles. The summed E-state index contributed by atoms with van der Waals surface area (Å²) in [6, 6.07) is 7.29. The van der Waals surface area contributed by atoms with E-state index in [1.165, 1.54) is 0 Å². The lowest BCUT2D eigenvalue weighted by Gasteiger charge is -2.37. The average molecular weight is 429 g/mol. The third-order valence-corrected chi connectivity index (χ3v) is 5.08. The molecule has 1 aromatic carbocycles. The minimum Gasteiger partial charge on any atom is -0.375 e. The Morgan fingerprint density at radius 3 is 2.57 bits per heavy atom. The van der Waals surface area contributed by atoms with Crippen LogP contribution in [-0.2, 0) is 27.4 Å². The maximum absolute atomic E-state index is 12.2. The van der Waals surface area contributed by atoms with Crippen molar-refractivity contribution in [2.75, 3.05) is 39.5 Å². The normalized spacial score (nSPS) is 23.1. The van der Waals surface area contributed by atoms with Gasteiger partial charge in [-0.1, -0.05) is 24.3 Å². The first-order chi connectivity index (χ1) is 14.4. The number of nitrogens with zero attached hydrogens (tertiary/aromatic N) is 2. The Hall–Kier alpha value is -1.84. The van der Waals surface area contributed by atoms with E-state index in [0.717, 1.165) is 50.6 Å². The minimum atomic E-state index is -4.31. The summed E-state index contributed by atoms with van der Waals surface area (Å²) in [5.41, 5.74) is 1.68. The van der Waals surface area contributed by atoms with Crippen LogP contribution in [0.15, 0.2) is 29.3 Å². The van der Waals surface area contributed by atoms with E-state index in [1.807, 2.05) is 19.1 Å². The van der Waals surface area contributed by atoms with Gasteiger partial charge in [-0.25, -0.2) is 4.99 Å². The molecule has 9 heteroatoms. The second kappa shape index (κ2) is 11.0. The van der Waals surface area contributed by atoms with E-state index >= 15 is 0 Å². The van der Waals surface area contributed by atoms with Gasteiger partial charge in [0.15, 0.2) is 5.96 Å². The summed E-state index contributed by atoms with van der Waals surface area (Å²) in [5, 5.41) is 3.34. The number of aliphatic imine (C=N–C) groups is 1. The van der Waals surface area contributed by atoms with Gasteiger partial charge in [0, 0.05) is 26.2 Å². The van der Waals surface area contributed by atoms with Crippen LogP contribution in [0.5, 0.6) is 0 Å². The number of nitrogens with one attached hydrogen (secondary N) is 1. The number of morpholine rings is 1. The summed E-state index contributed by atoms with van der Waals surface area (Å²) in [5.74, 6) is 0.835. The van der Waals surface area contributed by atoms with E-state index in [0.29, 0.717) is 18.7 Å². The molecule has 168 valence electrons. The number of hydrogen-bond donors (Lipinski definition) is 1. The van der Waals surface area contributed by atoms with Crippen LogP contribution in [0.1, 0.15) is 30.9 Å². The number of alkyl halides is 3. The minimum absolute atomic E-state index is 0.0566. The van der Waals surface area contributed by atoms with Gasteiger partial charge >= 0.3 is 6.18 Å². The summed E-state index contributed by atoms with van der Waals surface area (Å²) in [7, 11) is 0. The van der Waals surface area contributed by atoms with Crippen LogP contribution < -0.4 is 5.32 Å². The highest BCUT2D eigenvalue weighted by atomic mass is 19.4. The summed E-state index contributed by atoms with van der Waals surface area (Å²) in [6.45, 7) is 4.92. The van der Waals surface area contributed by atoms with E-state index in [1.54, 1.807) is 12.1 Å². The van der Waals surface area contributed by atoms with Crippen LogP contribution in [-0.4, -0.2) is 68.7 Å². The van der Waals surface area contributed by atoms with Gasteiger partial charge in [0.1, 0.15) is 12.7 Å². The topological polar surface area (TPSA) is 55.3 Å². The highest BCUT2D eigenvalue weighted by Gasteiger charge is 2.32. The molecule has 2 saturated heterocycles. The van der Waals surface area contributed by atoms with Crippen molar-refractivity contribution in [1.82, 2.24) is 10.2 Å². The smallest absolute Gasteiger partial charge is 0.375 e. The predicted octanol–water partition coefficient (Wildman–Crippen LogP) is 3.11. The molecule has 0 aliphatic carbocycles. The Morgan fingerprint density at radius 1 is 1.17 bits per heavy atom. The Labute approximate surface area is 175 Å². The van der Waals surface area contributed by atoms with Crippen molar-refractivity contribution in [2.24, 2.45) is 4.99 Å². The first-order valence-electron chi connectivity index (χ1n) is 10.4. The summed E-state index contributed by atoms with van der Waals surface area (Å²) in [4.78, 5) is 6.95. The quantitative estimate of drug-likeness (QED) is 0.533. The number of guanidine groups is 1. The number of rotatable bonds is 7. The Bertz CT molecular complexity index is 676. The monoisotopic (exact) mass is 429 g/mol. The van der Waals surface area contributed by atoms with Crippen LogP contribution in [0.4, 0.5) is 13.2 Å². The maximum atomic E-state index is 12.2. The molecule has 0 radical (unpaired) electrons. The molecular weight excluding hydrogens is 399 g/mol. The third kappa shape index (κ3) is 7.14. The largest absolute Gasteiger partial charge is 0.411 e. The van der Waals surface area contributed by atoms with Gasteiger partial charge in [-0.3, -0.25) is 0 Å². The standard InChI is InChI=1S/C21H30F3N3O3/c1-2-25-20(27-9-11-30-19(13-27)18-4-3-10-29-18)26-12-16-5-7-17(8-6-16)14-28-15-21(22,23)24/h5-8,18-19H,2-4,9-15H2,1H3,(H,25,26). The lowest BCUT2D eigenvalue weighted by atomic mass is 10.1.